The highest BCUT2D eigenvalue weighted by molar-refractivity contribution is 7.10. The van der Waals surface area contributed by atoms with Gasteiger partial charge in [0.25, 0.3) is 0 Å². The first-order valence-electron chi connectivity index (χ1n) is 5.65. The smallest absolute Gasteiger partial charge is 0.157 e. The summed E-state index contributed by atoms with van der Waals surface area (Å²) >= 11 is 1.23. The molecule has 1 aromatic heterocycles. The molecular formula is C13H14N4S. The molecule has 2 rings (SSSR count). The monoisotopic (exact) mass is 258 g/mol. The van der Waals surface area contributed by atoms with Gasteiger partial charge in [0.05, 0.1) is 0 Å². The molecule has 0 bridgehead atoms. The van der Waals surface area contributed by atoms with Crippen LogP contribution in [0.2, 0.25) is 0 Å². The molecule has 1 heterocycles. The second-order valence-electron chi connectivity index (χ2n) is 4.05. The lowest BCUT2D eigenvalue weighted by molar-refractivity contribution is 1.02. The summed E-state index contributed by atoms with van der Waals surface area (Å²) in [6.45, 7) is 2.84. The van der Waals surface area contributed by atoms with Crippen LogP contribution in [-0.4, -0.2) is 10.9 Å². The molecule has 92 valence electrons. The van der Waals surface area contributed by atoms with E-state index in [1.807, 2.05) is 0 Å². The quantitative estimate of drug-likeness (QED) is 0.883. The van der Waals surface area contributed by atoms with Crippen molar-refractivity contribution in [3.8, 4) is 6.07 Å². The van der Waals surface area contributed by atoms with E-state index in [0.29, 0.717) is 11.4 Å². The van der Waals surface area contributed by atoms with Crippen LogP contribution >= 0.6 is 11.5 Å². The Kier molecular flexibility index (Phi) is 3.80. The Bertz CT molecular complexity index is 583. The fourth-order valence-corrected chi connectivity index (χ4v) is 2.41. The molecule has 3 N–H and O–H groups in total. The van der Waals surface area contributed by atoms with Crippen LogP contribution in [0.4, 0.5) is 10.8 Å². The SMILES string of the molecule is Cc1cccc(CCNc2snc(N)c2C#N)c1. The number of rotatable bonds is 4. The lowest BCUT2D eigenvalue weighted by Crippen LogP contribution is -2.05. The van der Waals surface area contributed by atoms with E-state index in [1.165, 1.54) is 22.7 Å². The van der Waals surface area contributed by atoms with Crippen LogP contribution in [0.15, 0.2) is 24.3 Å². The molecule has 0 aliphatic carbocycles. The minimum Gasteiger partial charge on any atom is -0.382 e. The molecule has 0 spiro atoms. The second kappa shape index (κ2) is 5.52. The zero-order valence-electron chi connectivity index (χ0n) is 10.1. The molecule has 0 saturated heterocycles. The molecule has 0 saturated carbocycles. The summed E-state index contributed by atoms with van der Waals surface area (Å²) in [6.07, 6.45) is 0.907. The molecule has 0 aliphatic heterocycles. The summed E-state index contributed by atoms with van der Waals surface area (Å²) in [5.74, 6) is 0.306. The minimum atomic E-state index is 0.306. The van der Waals surface area contributed by atoms with Gasteiger partial charge < -0.3 is 11.1 Å². The van der Waals surface area contributed by atoms with Crippen LogP contribution in [0.3, 0.4) is 0 Å². The van der Waals surface area contributed by atoms with E-state index < -0.39 is 0 Å². The molecular weight excluding hydrogens is 244 g/mol. The van der Waals surface area contributed by atoms with Gasteiger partial charge >= 0.3 is 0 Å². The van der Waals surface area contributed by atoms with Crippen molar-refractivity contribution in [1.29, 1.82) is 5.26 Å². The highest BCUT2D eigenvalue weighted by atomic mass is 32.1. The number of anilines is 2. The third-order valence-corrected chi connectivity index (χ3v) is 3.43. The Morgan fingerprint density at radius 2 is 2.33 bits per heavy atom. The topological polar surface area (TPSA) is 74.7 Å². The number of aryl methyl sites for hydroxylation is 1. The van der Waals surface area contributed by atoms with Crippen molar-refractivity contribution in [3.63, 3.8) is 0 Å². The molecule has 5 heteroatoms. The number of aromatic nitrogens is 1. The zero-order chi connectivity index (χ0) is 13.0. The van der Waals surface area contributed by atoms with Gasteiger partial charge in [-0.25, -0.2) is 0 Å². The van der Waals surface area contributed by atoms with Crippen LogP contribution in [0.25, 0.3) is 0 Å². The van der Waals surface area contributed by atoms with Crippen LogP contribution in [-0.2, 0) is 6.42 Å². The Morgan fingerprint density at radius 1 is 1.50 bits per heavy atom. The fourth-order valence-electron chi connectivity index (χ4n) is 1.72. The fraction of sp³-hybridized carbons (Fsp3) is 0.231. The number of nitrogens with two attached hydrogens (primary N) is 1. The predicted molar refractivity (Wildman–Crippen MR) is 74.6 cm³/mol. The van der Waals surface area contributed by atoms with Gasteiger partial charge in [-0.15, -0.1) is 0 Å². The van der Waals surface area contributed by atoms with Crippen LogP contribution < -0.4 is 11.1 Å². The number of nitrogen functional groups attached to an aromatic ring is 1. The van der Waals surface area contributed by atoms with Crippen LogP contribution in [0, 0.1) is 18.3 Å². The molecule has 0 aliphatic rings. The van der Waals surface area contributed by atoms with E-state index in [4.69, 9.17) is 11.0 Å². The van der Waals surface area contributed by atoms with Gasteiger partial charge in [-0.3, -0.25) is 0 Å². The average molecular weight is 258 g/mol. The predicted octanol–water partition coefficient (Wildman–Crippen LogP) is 2.56. The summed E-state index contributed by atoms with van der Waals surface area (Å²) in [5, 5.41) is 12.9. The Labute approximate surface area is 110 Å². The van der Waals surface area contributed by atoms with E-state index in [2.05, 4.69) is 46.9 Å². The maximum atomic E-state index is 8.94. The van der Waals surface area contributed by atoms with Gasteiger partial charge in [-0.05, 0) is 30.4 Å². The van der Waals surface area contributed by atoms with E-state index in [-0.39, 0.29) is 0 Å². The number of nitrogens with zero attached hydrogens (tertiary/aromatic N) is 2. The van der Waals surface area contributed by atoms with Gasteiger partial charge in [0.2, 0.25) is 0 Å². The van der Waals surface area contributed by atoms with Crippen LogP contribution in [0.1, 0.15) is 16.7 Å². The minimum absolute atomic E-state index is 0.306. The second-order valence-corrected chi connectivity index (χ2v) is 4.82. The normalized spacial score (nSPS) is 10.0. The van der Waals surface area contributed by atoms with E-state index in [9.17, 15) is 0 Å². The van der Waals surface area contributed by atoms with Gasteiger partial charge in [-0.1, -0.05) is 29.8 Å². The standard InChI is InChI=1S/C13H14N4S/c1-9-3-2-4-10(7-9)5-6-16-13-11(8-14)12(15)17-18-13/h2-4,7,16H,5-6H2,1H3,(H2,15,17). The maximum absolute atomic E-state index is 8.94. The average Bonchev–Trinajstić information content (AvgIpc) is 2.70. The first-order valence-corrected chi connectivity index (χ1v) is 6.42. The maximum Gasteiger partial charge on any atom is 0.157 e. The molecule has 1 aromatic carbocycles. The summed E-state index contributed by atoms with van der Waals surface area (Å²) in [4.78, 5) is 0. The Morgan fingerprint density at radius 3 is 3.06 bits per heavy atom. The largest absolute Gasteiger partial charge is 0.382 e. The van der Waals surface area contributed by atoms with Crippen molar-refractivity contribution in [2.45, 2.75) is 13.3 Å². The molecule has 0 fully saturated rings. The third kappa shape index (κ3) is 2.79. The summed E-state index contributed by atoms with van der Waals surface area (Å²) in [7, 11) is 0. The summed E-state index contributed by atoms with van der Waals surface area (Å²) in [6, 6.07) is 10.5. The van der Waals surface area contributed by atoms with Gasteiger partial charge in [0.15, 0.2) is 5.82 Å². The molecule has 4 nitrogen and oxygen atoms in total. The van der Waals surface area contributed by atoms with Gasteiger partial charge in [0, 0.05) is 6.54 Å². The Balaban J connectivity index is 1.95. The van der Waals surface area contributed by atoms with Crippen LogP contribution in [0.5, 0.6) is 0 Å². The lowest BCUT2D eigenvalue weighted by Gasteiger charge is -2.04. The molecule has 2 aromatic rings. The van der Waals surface area contributed by atoms with Crippen molar-refractivity contribution in [2.75, 3.05) is 17.6 Å². The summed E-state index contributed by atoms with van der Waals surface area (Å²) < 4.78 is 3.96. The van der Waals surface area contributed by atoms with Crippen molar-refractivity contribution in [1.82, 2.24) is 4.37 Å². The molecule has 0 atom stereocenters. The number of hydrogen-bond acceptors (Lipinski definition) is 5. The van der Waals surface area contributed by atoms with Gasteiger partial charge in [0.1, 0.15) is 16.6 Å². The molecule has 0 amide bonds. The van der Waals surface area contributed by atoms with E-state index >= 15 is 0 Å². The number of nitrogens with one attached hydrogen (secondary N) is 1. The van der Waals surface area contributed by atoms with Crippen molar-refractivity contribution in [2.24, 2.45) is 0 Å². The highest BCUT2D eigenvalue weighted by Gasteiger charge is 2.09. The summed E-state index contributed by atoms with van der Waals surface area (Å²) in [5.41, 5.74) is 8.57. The number of hydrogen-bond donors (Lipinski definition) is 2. The third-order valence-electron chi connectivity index (χ3n) is 2.61. The van der Waals surface area contributed by atoms with Crippen molar-refractivity contribution < 1.29 is 0 Å². The number of nitriles is 1. The van der Waals surface area contributed by atoms with Crippen molar-refractivity contribution in [3.05, 3.63) is 41.0 Å². The lowest BCUT2D eigenvalue weighted by atomic mass is 10.1. The number of benzene rings is 1. The first kappa shape index (κ1) is 12.4. The molecule has 18 heavy (non-hydrogen) atoms. The van der Waals surface area contributed by atoms with Crippen molar-refractivity contribution >= 4 is 22.4 Å². The highest BCUT2D eigenvalue weighted by Crippen LogP contribution is 2.25. The molecule has 0 radical (unpaired) electrons. The van der Waals surface area contributed by atoms with Gasteiger partial charge in [-0.2, -0.15) is 9.64 Å². The Hall–Kier alpha value is -2.06. The molecule has 0 unspecified atom stereocenters. The zero-order valence-corrected chi connectivity index (χ0v) is 10.9. The van der Waals surface area contributed by atoms with E-state index in [0.717, 1.165) is 18.0 Å². The first-order chi connectivity index (χ1) is 8.70. The van der Waals surface area contributed by atoms with E-state index in [1.54, 1.807) is 0 Å².